The Morgan fingerprint density at radius 3 is 1.09 bits per heavy atom. The summed E-state index contributed by atoms with van der Waals surface area (Å²) in [6.07, 6.45) is 27.1. The van der Waals surface area contributed by atoms with Crippen molar-refractivity contribution in [2.24, 2.45) is 0 Å². The highest BCUT2D eigenvalue weighted by Gasteiger charge is 2.22. The third-order valence-corrected chi connectivity index (χ3v) is 12.1. The Bertz CT molecular complexity index is 2010. The van der Waals surface area contributed by atoms with Gasteiger partial charge >= 0.3 is 17.6 Å². The van der Waals surface area contributed by atoms with E-state index in [9.17, 15) is 19.7 Å². The maximum absolute atomic E-state index is 13.7. The molecule has 4 aromatic carbocycles. The van der Waals surface area contributed by atoms with Gasteiger partial charge in [-0.15, -0.1) is 0 Å². The predicted octanol–water partition coefficient (Wildman–Crippen LogP) is 16.7. The number of nitro groups is 1. The van der Waals surface area contributed by atoms with E-state index in [-0.39, 0.29) is 17.0 Å². The van der Waals surface area contributed by atoms with E-state index < -0.39 is 16.9 Å². The molecule has 0 saturated heterocycles. The van der Waals surface area contributed by atoms with Gasteiger partial charge in [-0.05, 0) is 79.3 Å². The Labute approximate surface area is 413 Å². The molecular weight excluding hydrogens is 871 g/mol. The molecule has 0 aromatic heterocycles. The van der Waals surface area contributed by atoms with Crippen LogP contribution in [0.25, 0.3) is 11.1 Å². The summed E-state index contributed by atoms with van der Waals surface area (Å²) in [4.78, 5) is 39.0. The maximum Gasteiger partial charge on any atom is 0.344 e. The molecule has 11 heteroatoms. The highest BCUT2D eigenvalue weighted by molar-refractivity contribution is 5.93. The minimum absolute atomic E-state index is 0.168. The number of rotatable bonds is 38. The van der Waals surface area contributed by atoms with E-state index in [1.54, 1.807) is 60.7 Å². The van der Waals surface area contributed by atoms with Crippen LogP contribution in [0.3, 0.4) is 0 Å². The Hall–Kier alpha value is -5.58. The fourth-order valence-corrected chi connectivity index (χ4v) is 7.97. The topological polar surface area (TPSA) is 133 Å². The minimum atomic E-state index is -0.766. The molecule has 0 saturated carbocycles. The number of ether oxygens (including phenoxy) is 6. The number of hydrogen-bond acceptors (Lipinski definition) is 10. The van der Waals surface area contributed by atoms with Gasteiger partial charge in [-0.25, -0.2) is 9.59 Å². The standard InChI is InChI=1S/C58H81NO10/c1-5-9-13-17-21-25-35-64-51-39-48(40-52(44-51)65-36-26-22-18-14-10-6-2)57(60)68-50-32-29-46(30-33-50)47-31-34-56(55(43-47)59(62)63)69-58(61)49-41-53(66-37-27-23-19-15-11-7-3)45-54(42-49)67-38-28-24-20-16-12-8-4/h29-34,39-45H,5-28,35-38H2,1-4H3. The van der Waals surface area contributed by atoms with Gasteiger partial charge in [-0.3, -0.25) is 10.1 Å². The first-order chi connectivity index (χ1) is 33.7. The number of benzene rings is 4. The average Bonchev–Trinajstić information content (AvgIpc) is 3.35. The molecule has 0 amide bonds. The zero-order valence-corrected chi connectivity index (χ0v) is 42.3. The van der Waals surface area contributed by atoms with Crippen LogP contribution in [0.5, 0.6) is 34.5 Å². The van der Waals surface area contributed by atoms with Gasteiger partial charge in [0.05, 0.1) is 42.5 Å². The first-order valence-corrected chi connectivity index (χ1v) is 26.4. The molecule has 4 rings (SSSR count). The summed E-state index contributed by atoms with van der Waals surface area (Å²) in [5, 5.41) is 12.4. The van der Waals surface area contributed by atoms with E-state index in [2.05, 4.69) is 27.7 Å². The Kier molecular flexibility index (Phi) is 27.5. The van der Waals surface area contributed by atoms with Crippen LogP contribution in [-0.2, 0) is 0 Å². The molecule has 69 heavy (non-hydrogen) atoms. The summed E-state index contributed by atoms with van der Waals surface area (Å²) in [6, 6.07) is 21.3. The van der Waals surface area contributed by atoms with Crippen molar-refractivity contribution in [1.29, 1.82) is 0 Å². The smallest absolute Gasteiger partial charge is 0.344 e. The molecule has 11 nitrogen and oxygen atoms in total. The number of esters is 2. The second-order valence-electron chi connectivity index (χ2n) is 18.1. The molecular formula is C58H81NO10. The Morgan fingerprint density at radius 2 is 0.725 bits per heavy atom. The highest BCUT2D eigenvalue weighted by Crippen LogP contribution is 2.35. The van der Waals surface area contributed by atoms with Crippen LogP contribution < -0.4 is 28.4 Å². The second kappa shape index (κ2) is 33.8. The fraction of sp³-hybridized carbons (Fsp3) is 0.552. The van der Waals surface area contributed by atoms with Gasteiger partial charge in [0.25, 0.3) is 0 Å². The van der Waals surface area contributed by atoms with Crippen molar-refractivity contribution in [2.75, 3.05) is 26.4 Å². The lowest BCUT2D eigenvalue weighted by atomic mass is 10.0. The van der Waals surface area contributed by atoms with Crippen LogP contribution in [0.15, 0.2) is 78.9 Å². The molecule has 0 unspecified atom stereocenters. The average molecular weight is 952 g/mol. The number of nitrogens with zero attached hydrogens (tertiary/aromatic N) is 1. The first-order valence-electron chi connectivity index (χ1n) is 26.4. The van der Waals surface area contributed by atoms with Crippen LogP contribution in [0, 0.1) is 10.1 Å². The van der Waals surface area contributed by atoms with Crippen LogP contribution in [0.1, 0.15) is 203 Å². The lowest BCUT2D eigenvalue weighted by Crippen LogP contribution is -2.11. The Morgan fingerprint density at radius 1 is 0.391 bits per heavy atom. The van der Waals surface area contributed by atoms with Crippen molar-refractivity contribution in [3.8, 4) is 45.6 Å². The maximum atomic E-state index is 13.7. The third-order valence-electron chi connectivity index (χ3n) is 12.1. The highest BCUT2D eigenvalue weighted by atomic mass is 16.6. The zero-order chi connectivity index (χ0) is 49.3. The van der Waals surface area contributed by atoms with Crippen molar-refractivity contribution >= 4 is 17.6 Å². The summed E-state index contributed by atoms with van der Waals surface area (Å²) in [5.74, 6) is 0.846. The predicted molar refractivity (Wildman–Crippen MR) is 277 cm³/mol. The van der Waals surface area contributed by atoms with Crippen LogP contribution in [-0.4, -0.2) is 43.3 Å². The van der Waals surface area contributed by atoms with E-state index in [1.165, 1.54) is 102 Å². The number of carbonyl (C=O) groups excluding carboxylic acids is 2. The number of nitro benzene ring substituents is 1. The minimum Gasteiger partial charge on any atom is -0.493 e. The van der Waals surface area contributed by atoms with Gasteiger partial charge in [0.15, 0.2) is 0 Å². The van der Waals surface area contributed by atoms with E-state index in [4.69, 9.17) is 28.4 Å². The first kappa shape index (κ1) is 56.0. The van der Waals surface area contributed by atoms with Gasteiger partial charge in [-0.2, -0.15) is 0 Å². The lowest BCUT2D eigenvalue weighted by molar-refractivity contribution is -0.385. The van der Waals surface area contributed by atoms with Crippen LogP contribution >= 0.6 is 0 Å². The summed E-state index contributed by atoms with van der Waals surface area (Å²) in [6.45, 7) is 10.9. The van der Waals surface area contributed by atoms with Gasteiger partial charge in [-0.1, -0.05) is 174 Å². The fourth-order valence-electron chi connectivity index (χ4n) is 7.97. The van der Waals surface area contributed by atoms with Crippen molar-refractivity contribution in [3.63, 3.8) is 0 Å². The largest absolute Gasteiger partial charge is 0.493 e. The lowest BCUT2D eigenvalue weighted by Gasteiger charge is -2.13. The number of hydrogen-bond donors (Lipinski definition) is 0. The molecule has 378 valence electrons. The van der Waals surface area contributed by atoms with Crippen molar-refractivity contribution < 1.29 is 42.9 Å². The number of carbonyl (C=O) groups is 2. The summed E-state index contributed by atoms with van der Waals surface area (Å²) in [5.41, 5.74) is 1.24. The van der Waals surface area contributed by atoms with E-state index in [1.807, 2.05) is 6.07 Å². The summed E-state index contributed by atoms with van der Waals surface area (Å²) in [7, 11) is 0. The van der Waals surface area contributed by atoms with E-state index in [0.29, 0.717) is 71.9 Å². The molecule has 0 spiro atoms. The molecule has 0 aliphatic rings. The van der Waals surface area contributed by atoms with Gasteiger partial charge in [0.1, 0.15) is 28.7 Å². The van der Waals surface area contributed by atoms with Crippen molar-refractivity contribution in [1.82, 2.24) is 0 Å². The van der Waals surface area contributed by atoms with Crippen molar-refractivity contribution in [2.45, 2.75) is 182 Å². The van der Waals surface area contributed by atoms with Crippen molar-refractivity contribution in [3.05, 3.63) is 100 Å². The molecule has 0 heterocycles. The molecule has 0 aliphatic heterocycles. The molecule has 0 N–H and O–H groups in total. The van der Waals surface area contributed by atoms with Gasteiger partial charge in [0.2, 0.25) is 5.75 Å². The molecule has 0 fully saturated rings. The molecule has 0 atom stereocenters. The molecule has 4 aromatic rings. The molecule has 0 bridgehead atoms. The van der Waals surface area contributed by atoms with Crippen LogP contribution in [0.2, 0.25) is 0 Å². The monoisotopic (exact) mass is 952 g/mol. The normalized spacial score (nSPS) is 11.0. The summed E-state index contributed by atoms with van der Waals surface area (Å²) < 4.78 is 35.9. The van der Waals surface area contributed by atoms with E-state index in [0.717, 1.165) is 64.2 Å². The Balaban J connectivity index is 1.43. The second-order valence-corrected chi connectivity index (χ2v) is 18.1. The molecule has 0 aliphatic carbocycles. The van der Waals surface area contributed by atoms with E-state index >= 15 is 0 Å². The SMILES string of the molecule is CCCCCCCCOc1cc(OCCCCCCCC)cc(C(=O)Oc2ccc(-c3ccc(OC(=O)c4cc(OCCCCCCCC)cc(OCCCCCCCC)c4)c([N+](=O)[O-])c3)cc2)c1. The zero-order valence-electron chi connectivity index (χ0n) is 42.3. The molecule has 0 radical (unpaired) electrons. The van der Waals surface area contributed by atoms with Gasteiger partial charge in [0, 0.05) is 18.2 Å². The van der Waals surface area contributed by atoms with Crippen LogP contribution in [0.4, 0.5) is 5.69 Å². The quantitative estimate of drug-likeness (QED) is 0.0141. The number of unbranched alkanes of at least 4 members (excludes halogenated alkanes) is 20. The summed E-state index contributed by atoms with van der Waals surface area (Å²) >= 11 is 0. The van der Waals surface area contributed by atoms with Gasteiger partial charge < -0.3 is 28.4 Å². The third kappa shape index (κ3) is 22.2.